The third kappa shape index (κ3) is 1.68. The molecule has 92 valence electrons. The van der Waals surface area contributed by atoms with E-state index in [0.29, 0.717) is 6.42 Å². The van der Waals surface area contributed by atoms with E-state index in [4.69, 9.17) is 0 Å². The van der Waals surface area contributed by atoms with Crippen molar-refractivity contribution in [1.29, 1.82) is 0 Å². The summed E-state index contributed by atoms with van der Waals surface area (Å²) in [6.07, 6.45) is 0.696. The molecule has 1 unspecified atom stereocenters. The topological polar surface area (TPSA) is 66.5 Å². The molecule has 1 aromatic rings. The van der Waals surface area contributed by atoms with Gasteiger partial charge in [0.2, 0.25) is 17.7 Å². The fourth-order valence-electron chi connectivity index (χ4n) is 2.49. The predicted octanol–water partition coefficient (Wildman–Crippen LogP) is -0.189. The van der Waals surface area contributed by atoms with Crippen LogP contribution in [0, 0.1) is 0 Å². The van der Waals surface area contributed by atoms with Crippen LogP contribution in [0.3, 0.4) is 0 Å². The van der Waals surface area contributed by atoms with Gasteiger partial charge in [-0.05, 0) is 17.5 Å². The molecule has 3 rings (SSSR count). The summed E-state index contributed by atoms with van der Waals surface area (Å²) in [5.74, 6) is -1.14. The van der Waals surface area contributed by atoms with Crippen molar-refractivity contribution in [2.75, 3.05) is 13.1 Å². The zero-order valence-electron chi connectivity index (χ0n) is 9.68. The largest absolute Gasteiger partial charge is 0.324 e. The Bertz CT molecular complexity index is 537. The molecule has 1 aliphatic heterocycles. The van der Waals surface area contributed by atoms with E-state index in [1.807, 2.05) is 24.3 Å². The molecule has 0 saturated carbocycles. The zero-order valence-corrected chi connectivity index (χ0v) is 9.68. The summed E-state index contributed by atoms with van der Waals surface area (Å²) in [7, 11) is 0. The lowest BCUT2D eigenvalue weighted by Gasteiger charge is -2.34. The van der Waals surface area contributed by atoms with Crippen molar-refractivity contribution in [3.63, 3.8) is 0 Å². The normalized spacial score (nSPS) is 22.0. The maximum Gasteiger partial charge on any atom is 0.246 e. The minimum absolute atomic E-state index is 0.0246. The van der Waals surface area contributed by atoms with Crippen molar-refractivity contribution in [2.24, 2.45) is 0 Å². The molecule has 0 radical (unpaired) electrons. The highest BCUT2D eigenvalue weighted by Crippen LogP contribution is 2.36. The molecule has 1 N–H and O–H groups in total. The van der Waals surface area contributed by atoms with Crippen LogP contribution in [0.25, 0.3) is 0 Å². The van der Waals surface area contributed by atoms with E-state index < -0.39 is 11.8 Å². The first kappa shape index (κ1) is 11.0. The van der Waals surface area contributed by atoms with Crippen LogP contribution in [0.2, 0.25) is 0 Å². The fraction of sp³-hybridized carbons (Fsp3) is 0.308. The zero-order chi connectivity index (χ0) is 12.7. The molecular formula is C13H12N2O3. The van der Waals surface area contributed by atoms with Gasteiger partial charge in [-0.2, -0.15) is 0 Å². The van der Waals surface area contributed by atoms with Gasteiger partial charge >= 0.3 is 0 Å². The van der Waals surface area contributed by atoms with Crippen LogP contribution in [0.15, 0.2) is 24.3 Å². The standard InChI is InChI=1S/C13H12N2O3/c16-11-6-15(7-12(17)14-11)13(18)10-5-8-3-1-2-4-9(8)10/h1-4,10H,5-7H2,(H,14,16,17). The highest BCUT2D eigenvalue weighted by Gasteiger charge is 2.37. The lowest BCUT2D eigenvalue weighted by atomic mass is 9.77. The number of hydrogen-bond acceptors (Lipinski definition) is 3. The maximum absolute atomic E-state index is 12.2. The number of fused-ring (bicyclic) bond motifs is 1. The van der Waals surface area contributed by atoms with Crippen LogP contribution in [-0.4, -0.2) is 35.7 Å². The number of nitrogens with zero attached hydrogens (tertiary/aromatic N) is 1. The van der Waals surface area contributed by atoms with Gasteiger partial charge in [0, 0.05) is 0 Å². The molecule has 1 atom stereocenters. The van der Waals surface area contributed by atoms with Gasteiger partial charge in [0.1, 0.15) is 13.1 Å². The lowest BCUT2D eigenvalue weighted by molar-refractivity contribution is -0.146. The number of rotatable bonds is 1. The first-order valence-electron chi connectivity index (χ1n) is 5.84. The van der Waals surface area contributed by atoms with Gasteiger partial charge in [0.05, 0.1) is 5.92 Å². The average Bonchev–Trinajstić information content (AvgIpc) is 2.29. The molecule has 1 fully saturated rings. The van der Waals surface area contributed by atoms with E-state index in [-0.39, 0.29) is 24.9 Å². The van der Waals surface area contributed by atoms with Crippen LogP contribution < -0.4 is 5.32 Å². The smallest absolute Gasteiger partial charge is 0.246 e. The van der Waals surface area contributed by atoms with E-state index in [1.165, 1.54) is 10.5 Å². The Labute approximate surface area is 104 Å². The van der Waals surface area contributed by atoms with Crippen LogP contribution in [-0.2, 0) is 20.8 Å². The molecule has 2 aliphatic rings. The van der Waals surface area contributed by atoms with Crippen molar-refractivity contribution in [1.82, 2.24) is 10.2 Å². The highest BCUT2D eigenvalue weighted by molar-refractivity contribution is 6.03. The quantitative estimate of drug-likeness (QED) is 0.696. The maximum atomic E-state index is 12.2. The van der Waals surface area contributed by atoms with Crippen molar-refractivity contribution in [3.05, 3.63) is 35.4 Å². The average molecular weight is 244 g/mol. The van der Waals surface area contributed by atoms with Crippen molar-refractivity contribution in [2.45, 2.75) is 12.3 Å². The highest BCUT2D eigenvalue weighted by atomic mass is 16.2. The Hall–Kier alpha value is -2.17. The lowest BCUT2D eigenvalue weighted by Crippen LogP contribution is -2.55. The number of imide groups is 1. The SMILES string of the molecule is O=C1CN(C(=O)C2Cc3ccccc32)CC(=O)N1. The van der Waals surface area contributed by atoms with E-state index in [1.54, 1.807) is 0 Å². The molecule has 1 aromatic carbocycles. The number of hydrogen-bond donors (Lipinski definition) is 1. The Morgan fingerprint density at radius 1 is 1.17 bits per heavy atom. The van der Waals surface area contributed by atoms with Crippen molar-refractivity contribution >= 4 is 17.7 Å². The second kappa shape index (κ2) is 3.94. The van der Waals surface area contributed by atoms with Crippen molar-refractivity contribution < 1.29 is 14.4 Å². The molecule has 5 nitrogen and oxygen atoms in total. The summed E-state index contributed by atoms with van der Waals surface area (Å²) >= 11 is 0. The number of nitrogens with one attached hydrogen (secondary N) is 1. The van der Waals surface area contributed by atoms with Crippen molar-refractivity contribution in [3.8, 4) is 0 Å². The van der Waals surface area contributed by atoms with E-state index >= 15 is 0 Å². The van der Waals surface area contributed by atoms with Gasteiger partial charge in [0.25, 0.3) is 0 Å². The minimum Gasteiger partial charge on any atom is -0.324 e. The summed E-state index contributed by atoms with van der Waals surface area (Å²) in [5, 5.41) is 2.19. The van der Waals surface area contributed by atoms with Gasteiger partial charge in [-0.25, -0.2) is 0 Å². The van der Waals surface area contributed by atoms with E-state index in [0.717, 1.165) is 5.56 Å². The number of carbonyl (C=O) groups excluding carboxylic acids is 3. The fourth-order valence-corrected chi connectivity index (χ4v) is 2.49. The Balaban J connectivity index is 1.77. The van der Waals surface area contributed by atoms with Crippen LogP contribution >= 0.6 is 0 Å². The third-order valence-corrected chi connectivity index (χ3v) is 3.41. The molecule has 0 spiro atoms. The summed E-state index contributed by atoms with van der Waals surface area (Å²) in [4.78, 5) is 36.0. The van der Waals surface area contributed by atoms with E-state index in [9.17, 15) is 14.4 Å². The molecule has 0 bridgehead atoms. The van der Waals surface area contributed by atoms with Gasteiger partial charge in [-0.3, -0.25) is 19.7 Å². The van der Waals surface area contributed by atoms with Gasteiger partial charge in [0.15, 0.2) is 0 Å². The molecule has 3 amide bonds. The molecule has 0 aromatic heterocycles. The number of piperazine rings is 1. The molecule has 1 saturated heterocycles. The predicted molar refractivity (Wildman–Crippen MR) is 62.6 cm³/mol. The Morgan fingerprint density at radius 2 is 1.83 bits per heavy atom. The van der Waals surface area contributed by atoms with Gasteiger partial charge in [-0.1, -0.05) is 24.3 Å². The monoisotopic (exact) mass is 244 g/mol. The molecule has 1 heterocycles. The van der Waals surface area contributed by atoms with Crippen LogP contribution in [0.4, 0.5) is 0 Å². The van der Waals surface area contributed by atoms with Crippen LogP contribution in [0.5, 0.6) is 0 Å². The summed E-state index contributed by atoms with van der Waals surface area (Å²) in [6, 6.07) is 7.75. The van der Waals surface area contributed by atoms with Crippen LogP contribution in [0.1, 0.15) is 17.0 Å². The first-order chi connectivity index (χ1) is 8.65. The molecule has 18 heavy (non-hydrogen) atoms. The van der Waals surface area contributed by atoms with Gasteiger partial charge < -0.3 is 4.90 Å². The molecule has 5 heteroatoms. The first-order valence-corrected chi connectivity index (χ1v) is 5.84. The number of benzene rings is 1. The molecule has 1 aliphatic carbocycles. The minimum atomic E-state index is -0.410. The number of amides is 3. The molecular weight excluding hydrogens is 232 g/mol. The summed E-state index contributed by atoms with van der Waals surface area (Å²) < 4.78 is 0. The second-order valence-corrected chi connectivity index (χ2v) is 4.62. The van der Waals surface area contributed by atoms with E-state index in [2.05, 4.69) is 5.32 Å². The summed E-state index contributed by atoms with van der Waals surface area (Å²) in [5.41, 5.74) is 2.18. The Morgan fingerprint density at radius 3 is 2.50 bits per heavy atom. The number of carbonyl (C=O) groups is 3. The summed E-state index contributed by atoms with van der Waals surface area (Å²) in [6.45, 7) is -0.0491. The second-order valence-electron chi connectivity index (χ2n) is 4.62. The third-order valence-electron chi connectivity index (χ3n) is 3.41. The Kier molecular flexibility index (Phi) is 2.40. The van der Waals surface area contributed by atoms with Gasteiger partial charge in [-0.15, -0.1) is 0 Å².